The molecule has 0 heterocycles. The number of aromatic hydroxyl groups is 1. The molecule has 0 unspecified atom stereocenters. The molecule has 2 N–H and O–H groups in total. The van der Waals surface area contributed by atoms with Gasteiger partial charge in [-0.1, -0.05) is 38.1 Å². The third-order valence-electron chi connectivity index (χ3n) is 3.42. The summed E-state index contributed by atoms with van der Waals surface area (Å²) in [5.74, 6) is 0.161. The number of hydrogen-bond donors (Lipinski definition) is 2. The van der Waals surface area contributed by atoms with Crippen LogP contribution in [0, 0.1) is 5.92 Å². The topological polar surface area (TPSA) is 52.6 Å². The Morgan fingerprint density at radius 1 is 1.25 bits per heavy atom. The van der Waals surface area contributed by atoms with E-state index in [1.165, 1.54) is 0 Å². The average Bonchev–Trinajstić information content (AvgIpc) is 2.45. The van der Waals surface area contributed by atoms with Gasteiger partial charge < -0.3 is 15.3 Å². The summed E-state index contributed by atoms with van der Waals surface area (Å²) in [6, 6.07) is 9.19. The third-order valence-corrected chi connectivity index (χ3v) is 3.42. The van der Waals surface area contributed by atoms with Gasteiger partial charge in [0.1, 0.15) is 5.75 Å². The first kappa shape index (κ1) is 14.2. The molecule has 0 saturated heterocycles. The highest BCUT2D eigenvalue weighted by Crippen LogP contribution is 2.39. The number of nitrogens with one attached hydrogen (secondary N) is 1. The van der Waals surface area contributed by atoms with E-state index in [1.807, 2.05) is 38.1 Å². The molecular weight excluding hydrogens is 252 g/mol. The maximum Gasteiger partial charge on any atom is 0.229 e. The Bertz CT molecular complexity index is 650. The van der Waals surface area contributed by atoms with E-state index in [0.29, 0.717) is 0 Å². The Kier molecular flexibility index (Phi) is 3.84. The van der Waals surface area contributed by atoms with Gasteiger partial charge in [0.25, 0.3) is 0 Å². The Morgan fingerprint density at radius 3 is 2.40 bits per heavy atom. The number of anilines is 2. The van der Waals surface area contributed by atoms with Crippen molar-refractivity contribution in [2.24, 2.45) is 5.92 Å². The molecule has 2 rings (SSSR count). The van der Waals surface area contributed by atoms with E-state index < -0.39 is 0 Å². The van der Waals surface area contributed by atoms with Gasteiger partial charge in [-0.05, 0) is 0 Å². The van der Waals surface area contributed by atoms with Crippen molar-refractivity contribution in [1.29, 1.82) is 0 Å². The second-order valence-corrected chi connectivity index (χ2v) is 5.14. The van der Waals surface area contributed by atoms with Gasteiger partial charge in [-0.25, -0.2) is 0 Å². The molecule has 4 nitrogen and oxygen atoms in total. The monoisotopic (exact) mass is 272 g/mol. The molecule has 0 spiro atoms. The lowest BCUT2D eigenvalue weighted by Gasteiger charge is -2.24. The number of amides is 1. The fourth-order valence-corrected chi connectivity index (χ4v) is 2.39. The molecule has 0 fully saturated rings. The maximum atomic E-state index is 12.3. The van der Waals surface area contributed by atoms with E-state index >= 15 is 0 Å². The van der Waals surface area contributed by atoms with Crippen LogP contribution in [0.25, 0.3) is 10.8 Å². The summed E-state index contributed by atoms with van der Waals surface area (Å²) in [7, 11) is 3.54. The van der Waals surface area contributed by atoms with Crippen LogP contribution < -0.4 is 10.2 Å². The number of fused-ring (bicyclic) bond motifs is 1. The van der Waals surface area contributed by atoms with Crippen LogP contribution in [0.3, 0.4) is 0 Å². The van der Waals surface area contributed by atoms with E-state index in [4.69, 9.17) is 0 Å². The number of rotatable bonds is 3. The lowest BCUT2D eigenvalue weighted by Crippen LogP contribution is -2.31. The fourth-order valence-electron chi connectivity index (χ4n) is 2.39. The molecule has 0 bridgehead atoms. The van der Waals surface area contributed by atoms with Crippen molar-refractivity contribution in [3.8, 4) is 5.75 Å². The SMILES string of the molecule is CNc1cc(O)c2ccccc2c1N(C)C(=O)C(C)C. The van der Waals surface area contributed by atoms with Crippen molar-refractivity contribution in [3.63, 3.8) is 0 Å². The zero-order valence-corrected chi connectivity index (χ0v) is 12.3. The zero-order valence-electron chi connectivity index (χ0n) is 12.3. The van der Waals surface area contributed by atoms with E-state index in [1.54, 1.807) is 25.1 Å². The predicted molar refractivity (Wildman–Crippen MR) is 83.4 cm³/mol. The second kappa shape index (κ2) is 5.41. The number of benzene rings is 2. The minimum absolute atomic E-state index is 0.0392. The number of nitrogens with zero attached hydrogens (tertiary/aromatic N) is 1. The summed E-state index contributed by atoms with van der Waals surface area (Å²) in [5, 5.41) is 14.7. The van der Waals surface area contributed by atoms with Crippen LogP contribution in [0.1, 0.15) is 13.8 Å². The molecule has 20 heavy (non-hydrogen) atoms. The minimum Gasteiger partial charge on any atom is -0.507 e. The first-order valence-electron chi connectivity index (χ1n) is 6.67. The van der Waals surface area contributed by atoms with E-state index in [2.05, 4.69) is 5.32 Å². The number of carbonyl (C=O) groups excluding carboxylic acids is 1. The van der Waals surface area contributed by atoms with Gasteiger partial charge in [-0.15, -0.1) is 0 Å². The number of carbonyl (C=O) groups is 1. The van der Waals surface area contributed by atoms with E-state index in [9.17, 15) is 9.90 Å². The summed E-state index contributed by atoms with van der Waals surface area (Å²) in [5.41, 5.74) is 1.53. The summed E-state index contributed by atoms with van der Waals surface area (Å²) in [4.78, 5) is 13.9. The largest absolute Gasteiger partial charge is 0.507 e. The van der Waals surface area contributed by atoms with Crippen LogP contribution >= 0.6 is 0 Å². The van der Waals surface area contributed by atoms with Crippen molar-refractivity contribution in [2.45, 2.75) is 13.8 Å². The van der Waals surface area contributed by atoms with Gasteiger partial charge in [-0.2, -0.15) is 0 Å². The Balaban J connectivity index is 2.73. The standard InChI is InChI=1S/C16H20N2O2/c1-10(2)16(20)18(4)15-12-8-6-5-7-11(12)14(19)9-13(15)17-3/h5-10,17,19H,1-4H3. The van der Waals surface area contributed by atoms with Crippen LogP contribution in [0.5, 0.6) is 5.75 Å². The van der Waals surface area contributed by atoms with Gasteiger partial charge in [0.05, 0.1) is 11.4 Å². The Morgan fingerprint density at radius 2 is 1.85 bits per heavy atom. The van der Waals surface area contributed by atoms with E-state index in [-0.39, 0.29) is 17.6 Å². The minimum atomic E-state index is -0.0859. The highest BCUT2D eigenvalue weighted by Gasteiger charge is 2.20. The zero-order chi connectivity index (χ0) is 14.9. The lowest BCUT2D eigenvalue weighted by atomic mass is 10.0. The van der Waals surface area contributed by atoms with Crippen molar-refractivity contribution < 1.29 is 9.90 Å². The molecule has 106 valence electrons. The second-order valence-electron chi connectivity index (χ2n) is 5.14. The molecule has 0 atom stereocenters. The highest BCUT2D eigenvalue weighted by molar-refractivity contribution is 6.10. The molecule has 4 heteroatoms. The first-order chi connectivity index (χ1) is 9.47. The van der Waals surface area contributed by atoms with Crippen LogP contribution in [0.15, 0.2) is 30.3 Å². The normalized spacial score (nSPS) is 10.8. The third kappa shape index (κ3) is 2.29. The van der Waals surface area contributed by atoms with Crippen LogP contribution in [0.4, 0.5) is 11.4 Å². The first-order valence-corrected chi connectivity index (χ1v) is 6.67. The van der Waals surface area contributed by atoms with Crippen molar-refractivity contribution in [2.75, 3.05) is 24.3 Å². The van der Waals surface area contributed by atoms with Crippen LogP contribution in [0.2, 0.25) is 0 Å². The van der Waals surface area contributed by atoms with Crippen LogP contribution in [-0.4, -0.2) is 25.1 Å². The molecule has 0 aromatic heterocycles. The number of hydrogen-bond acceptors (Lipinski definition) is 3. The molecular formula is C16H20N2O2. The Hall–Kier alpha value is -2.23. The summed E-state index contributed by atoms with van der Waals surface area (Å²) < 4.78 is 0. The van der Waals surface area contributed by atoms with E-state index in [0.717, 1.165) is 22.1 Å². The lowest BCUT2D eigenvalue weighted by molar-refractivity contribution is -0.121. The van der Waals surface area contributed by atoms with Gasteiger partial charge in [0, 0.05) is 36.9 Å². The Labute approximate surface area is 119 Å². The van der Waals surface area contributed by atoms with Crippen molar-refractivity contribution in [3.05, 3.63) is 30.3 Å². The van der Waals surface area contributed by atoms with Crippen molar-refractivity contribution in [1.82, 2.24) is 0 Å². The summed E-state index contributed by atoms with van der Waals surface area (Å²) >= 11 is 0. The highest BCUT2D eigenvalue weighted by atomic mass is 16.3. The molecule has 2 aromatic carbocycles. The van der Waals surface area contributed by atoms with Crippen LogP contribution in [-0.2, 0) is 4.79 Å². The fraction of sp³-hybridized carbons (Fsp3) is 0.312. The summed E-state index contributed by atoms with van der Waals surface area (Å²) in [6.45, 7) is 3.75. The molecule has 0 radical (unpaired) electrons. The maximum absolute atomic E-state index is 12.3. The molecule has 1 amide bonds. The van der Waals surface area contributed by atoms with Gasteiger partial charge in [0.2, 0.25) is 5.91 Å². The molecule has 0 aliphatic rings. The number of phenolic OH excluding ortho intramolecular Hbond substituents is 1. The van der Waals surface area contributed by atoms with Gasteiger partial charge in [0.15, 0.2) is 0 Å². The summed E-state index contributed by atoms with van der Waals surface area (Å²) in [6.07, 6.45) is 0. The molecule has 2 aromatic rings. The average molecular weight is 272 g/mol. The van der Waals surface area contributed by atoms with Crippen molar-refractivity contribution >= 4 is 28.1 Å². The quantitative estimate of drug-likeness (QED) is 0.902. The molecule has 0 aliphatic heterocycles. The molecule has 0 aliphatic carbocycles. The smallest absolute Gasteiger partial charge is 0.229 e. The van der Waals surface area contributed by atoms with Gasteiger partial charge in [-0.3, -0.25) is 4.79 Å². The molecule has 0 saturated carbocycles. The predicted octanol–water partition coefficient (Wildman–Crippen LogP) is 3.21. The number of phenols is 1. The van der Waals surface area contributed by atoms with Gasteiger partial charge >= 0.3 is 0 Å².